The highest BCUT2D eigenvalue weighted by Gasteiger charge is 2.11. The number of aliphatic carboxylic acids is 2. The third-order valence-corrected chi connectivity index (χ3v) is 2.11. The van der Waals surface area contributed by atoms with Gasteiger partial charge in [-0.1, -0.05) is 0 Å². The molecule has 8 heteroatoms. The van der Waals surface area contributed by atoms with Crippen LogP contribution in [0.4, 0.5) is 0 Å². The summed E-state index contributed by atoms with van der Waals surface area (Å²) >= 11 is 0. The zero-order valence-electron chi connectivity index (χ0n) is 10.7. The summed E-state index contributed by atoms with van der Waals surface area (Å²) in [5, 5.41) is 34.7. The number of aliphatic hydroxyl groups excluding tert-OH is 2. The zero-order valence-corrected chi connectivity index (χ0v) is 10.7. The molecule has 0 rings (SSSR count). The van der Waals surface area contributed by atoms with E-state index in [0.29, 0.717) is 17.6 Å². The van der Waals surface area contributed by atoms with Crippen LogP contribution in [-0.2, 0) is 9.59 Å². The van der Waals surface area contributed by atoms with Gasteiger partial charge in [-0.15, -0.1) is 0 Å². The number of carbonyl (C=O) groups is 2. The molecule has 0 fully saturated rings. The van der Waals surface area contributed by atoms with Crippen molar-refractivity contribution < 1.29 is 34.5 Å². The number of likely N-dealkylation sites (N-methyl/N-ethyl adjacent to an activating group) is 1. The number of hydrogen-bond donors (Lipinski definition) is 4. The quantitative estimate of drug-likeness (QED) is 0.351. The van der Waals surface area contributed by atoms with Crippen molar-refractivity contribution in [2.75, 3.05) is 40.4 Å². The van der Waals surface area contributed by atoms with E-state index in [2.05, 4.69) is 0 Å². The molecule has 0 saturated heterocycles. The van der Waals surface area contributed by atoms with E-state index in [1.807, 2.05) is 14.1 Å². The Kier molecular flexibility index (Phi) is 10.4. The van der Waals surface area contributed by atoms with Gasteiger partial charge in [0, 0.05) is 12.4 Å². The molecule has 0 bridgehead atoms. The first-order valence-electron chi connectivity index (χ1n) is 5.38. The molecule has 0 aromatic rings. The third kappa shape index (κ3) is 12.8. The number of nitrogens with two attached hydrogens (primary N) is 1. The minimum atomic E-state index is -1.45. The van der Waals surface area contributed by atoms with Crippen molar-refractivity contribution >= 4 is 11.9 Å². The topological polar surface area (TPSA) is 144 Å². The summed E-state index contributed by atoms with van der Waals surface area (Å²) in [7, 11) is 3.96. The molecule has 5 N–H and O–H groups in total. The summed E-state index contributed by atoms with van der Waals surface area (Å²) in [6.45, 7) is 1.79. The van der Waals surface area contributed by atoms with Gasteiger partial charge in [-0.05, 0) is 0 Å². The summed E-state index contributed by atoms with van der Waals surface area (Å²) < 4.78 is 0.688. The zero-order chi connectivity index (χ0) is 14.8. The second-order valence-corrected chi connectivity index (χ2v) is 4.35. The van der Waals surface area contributed by atoms with Gasteiger partial charge in [0.25, 0.3) is 0 Å². The van der Waals surface area contributed by atoms with Crippen LogP contribution in [0.1, 0.15) is 6.42 Å². The highest BCUT2D eigenvalue weighted by Crippen LogP contribution is 1.92. The van der Waals surface area contributed by atoms with Crippen molar-refractivity contribution in [3.05, 3.63) is 0 Å². The minimum Gasteiger partial charge on any atom is -0.550 e. The maximum Gasteiger partial charge on any atom is 0.320 e. The average molecular weight is 266 g/mol. The molecule has 0 aromatic heterocycles. The van der Waals surface area contributed by atoms with Crippen molar-refractivity contribution in [2.45, 2.75) is 12.5 Å². The first-order chi connectivity index (χ1) is 8.16. The molecular formula is C10H22N2O6. The summed E-state index contributed by atoms with van der Waals surface area (Å²) in [5.74, 6) is -2.79. The van der Waals surface area contributed by atoms with E-state index in [-0.39, 0.29) is 13.2 Å². The predicted molar refractivity (Wildman–Crippen MR) is 61.2 cm³/mol. The summed E-state index contributed by atoms with van der Waals surface area (Å²) in [6.07, 6.45) is -0.644. The SMILES string of the molecule is C[N+](C)(CCO)CCO.NC(CC(=O)[O-])C(=O)O. The molecule has 1 atom stereocenters. The fourth-order valence-corrected chi connectivity index (χ4v) is 0.920. The van der Waals surface area contributed by atoms with Crippen molar-refractivity contribution in [3.8, 4) is 0 Å². The molecule has 0 aromatic carbocycles. The molecule has 0 spiro atoms. The monoisotopic (exact) mass is 266 g/mol. The van der Waals surface area contributed by atoms with Crippen LogP contribution in [0.15, 0.2) is 0 Å². The summed E-state index contributed by atoms with van der Waals surface area (Å²) in [5.41, 5.74) is 4.80. The van der Waals surface area contributed by atoms with E-state index >= 15 is 0 Å². The molecule has 18 heavy (non-hydrogen) atoms. The number of nitrogens with zero attached hydrogens (tertiary/aromatic N) is 1. The van der Waals surface area contributed by atoms with Gasteiger partial charge in [0.05, 0.1) is 27.3 Å². The van der Waals surface area contributed by atoms with Crippen LogP contribution in [0.2, 0.25) is 0 Å². The summed E-state index contributed by atoms with van der Waals surface area (Å²) in [6, 6.07) is -1.35. The Balaban J connectivity index is 0. The van der Waals surface area contributed by atoms with Crippen molar-refractivity contribution in [2.24, 2.45) is 5.73 Å². The van der Waals surface area contributed by atoms with Crippen LogP contribution in [0.25, 0.3) is 0 Å². The van der Waals surface area contributed by atoms with Gasteiger partial charge >= 0.3 is 5.97 Å². The first kappa shape index (κ1) is 19.1. The number of aliphatic hydroxyl groups is 2. The van der Waals surface area contributed by atoms with E-state index in [0.717, 1.165) is 0 Å². The third-order valence-electron chi connectivity index (χ3n) is 2.11. The highest BCUT2D eigenvalue weighted by atomic mass is 16.4. The van der Waals surface area contributed by atoms with Gasteiger partial charge in [0.1, 0.15) is 19.1 Å². The van der Waals surface area contributed by atoms with Gasteiger partial charge < -0.3 is 35.4 Å². The number of carboxylic acids is 2. The highest BCUT2D eigenvalue weighted by molar-refractivity contribution is 5.79. The number of quaternary nitrogens is 1. The molecular weight excluding hydrogens is 244 g/mol. The lowest BCUT2D eigenvalue weighted by molar-refractivity contribution is -0.890. The van der Waals surface area contributed by atoms with Gasteiger partial charge in [-0.3, -0.25) is 4.79 Å². The molecule has 0 saturated carbocycles. The van der Waals surface area contributed by atoms with Crippen LogP contribution < -0.4 is 10.8 Å². The van der Waals surface area contributed by atoms with Crippen LogP contribution in [0.3, 0.4) is 0 Å². The molecule has 0 amide bonds. The summed E-state index contributed by atoms with van der Waals surface area (Å²) in [4.78, 5) is 19.5. The van der Waals surface area contributed by atoms with Crippen LogP contribution in [-0.4, -0.2) is 78.2 Å². The Bertz CT molecular complexity index is 249. The lowest BCUT2D eigenvalue weighted by Gasteiger charge is -2.27. The number of hydrogen-bond acceptors (Lipinski definition) is 6. The van der Waals surface area contributed by atoms with E-state index in [9.17, 15) is 14.7 Å². The van der Waals surface area contributed by atoms with Gasteiger partial charge in [-0.2, -0.15) is 0 Å². The normalized spacial score (nSPS) is 12.3. The molecule has 108 valence electrons. The minimum absolute atomic E-state index is 0.188. The predicted octanol–water partition coefficient (Wildman–Crippen LogP) is -3.41. The Hall–Kier alpha value is -1.22. The van der Waals surface area contributed by atoms with Crippen LogP contribution in [0.5, 0.6) is 0 Å². The van der Waals surface area contributed by atoms with E-state index in [1.165, 1.54) is 0 Å². The van der Waals surface area contributed by atoms with E-state index in [1.54, 1.807) is 0 Å². The molecule has 0 aliphatic heterocycles. The smallest absolute Gasteiger partial charge is 0.320 e. The lowest BCUT2D eigenvalue weighted by Crippen LogP contribution is -2.43. The van der Waals surface area contributed by atoms with Crippen LogP contribution in [0, 0.1) is 0 Å². The maximum atomic E-state index is 9.82. The second-order valence-electron chi connectivity index (χ2n) is 4.35. The van der Waals surface area contributed by atoms with Gasteiger partial charge in [-0.25, -0.2) is 0 Å². The fourth-order valence-electron chi connectivity index (χ4n) is 0.920. The van der Waals surface area contributed by atoms with Crippen molar-refractivity contribution in [3.63, 3.8) is 0 Å². The molecule has 0 aliphatic rings. The molecule has 8 nitrogen and oxygen atoms in total. The molecule has 0 radical (unpaired) electrons. The number of carboxylic acid groups (broad SMARTS) is 2. The second kappa shape index (κ2) is 9.77. The number of carbonyl (C=O) groups excluding carboxylic acids is 1. The first-order valence-corrected chi connectivity index (χ1v) is 5.38. The molecule has 0 heterocycles. The number of rotatable bonds is 7. The maximum absolute atomic E-state index is 9.82. The standard InChI is InChI=1S/C6H16NO2.C4H7NO4/c1-7(2,3-5-8)4-6-9;5-2(4(8)9)1-3(6)7/h8-9H,3-6H2,1-2H3;2H,1,5H2,(H,6,7)(H,8,9)/q+1;/p-1. The lowest BCUT2D eigenvalue weighted by atomic mass is 10.2. The average Bonchev–Trinajstić information content (AvgIpc) is 2.16. The van der Waals surface area contributed by atoms with E-state index < -0.39 is 24.4 Å². The molecule has 0 aliphatic carbocycles. The fraction of sp³-hybridized carbons (Fsp3) is 0.800. The largest absolute Gasteiger partial charge is 0.550 e. The van der Waals surface area contributed by atoms with E-state index in [4.69, 9.17) is 21.1 Å². The van der Waals surface area contributed by atoms with Crippen molar-refractivity contribution in [1.82, 2.24) is 0 Å². The van der Waals surface area contributed by atoms with Crippen molar-refractivity contribution in [1.29, 1.82) is 0 Å². The van der Waals surface area contributed by atoms with Crippen LogP contribution >= 0.6 is 0 Å². The molecule has 1 unspecified atom stereocenters. The Labute approximate surface area is 106 Å². The Morgan fingerprint density at radius 2 is 1.61 bits per heavy atom. The van der Waals surface area contributed by atoms with Gasteiger partial charge in [0.15, 0.2) is 0 Å². The Morgan fingerprint density at radius 1 is 1.22 bits per heavy atom. The Morgan fingerprint density at radius 3 is 1.78 bits per heavy atom. The van der Waals surface area contributed by atoms with Gasteiger partial charge in [0.2, 0.25) is 0 Å².